The summed E-state index contributed by atoms with van der Waals surface area (Å²) in [7, 11) is -3.83. The molecule has 1 amide bonds. The smallest absolute Gasteiger partial charge is 0.264 e. The van der Waals surface area contributed by atoms with Gasteiger partial charge in [0.2, 0.25) is 11.9 Å². The highest BCUT2D eigenvalue weighted by Crippen LogP contribution is 2.17. The van der Waals surface area contributed by atoms with E-state index in [1.54, 1.807) is 31.2 Å². The first-order valence-corrected chi connectivity index (χ1v) is 9.78. The first kappa shape index (κ1) is 19.3. The van der Waals surface area contributed by atoms with Crippen LogP contribution in [-0.2, 0) is 14.8 Å². The molecule has 3 rings (SSSR count). The van der Waals surface area contributed by atoms with Crippen LogP contribution in [0.4, 0.5) is 11.6 Å². The maximum Gasteiger partial charge on any atom is 0.264 e. The highest BCUT2D eigenvalue weighted by atomic mass is 32.2. The molecule has 0 unspecified atom stereocenters. The number of hydrogen-bond acceptors (Lipinski definition) is 6. The van der Waals surface area contributed by atoms with Crippen molar-refractivity contribution in [2.24, 2.45) is 0 Å². The van der Waals surface area contributed by atoms with Crippen molar-refractivity contribution in [3.8, 4) is 0 Å². The molecule has 2 N–H and O–H groups in total. The predicted octanol–water partition coefficient (Wildman–Crippen LogP) is 3.14. The van der Waals surface area contributed by atoms with Gasteiger partial charge in [-0.25, -0.2) is 23.1 Å². The molecular weight excluding hydrogens is 380 g/mol. The Labute approximate surface area is 162 Å². The van der Waals surface area contributed by atoms with Crippen molar-refractivity contribution in [2.75, 3.05) is 10.0 Å². The van der Waals surface area contributed by atoms with Crippen molar-refractivity contribution in [3.63, 3.8) is 0 Å². The maximum atomic E-state index is 12.4. The summed E-state index contributed by atoms with van der Waals surface area (Å²) in [5.74, 6) is 0.951. The van der Waals surface area contributed by atoms with Crippen molar-refractivity contribution in [3.05, 3.63) is 72.0 Å². The van der Waals surface area contributed by atoms with Crippen LogP contribution in [0, 0.1) is 13.8 Å². The lowest BCUT2D eigenvalue weighted by Crippen LogP contribution is -2.15. The molecule has 0 spiro atoms. The summed E-state index contributed by atoms with van der Waals surface area (Å²) in [5.41, 5.74) is 1.10. The van der Waals surface area contributed by atoms with Crippen LogP contribution >= 0.6 is 0 Å². The van der Waals surface area contributed by atoms with Gasteiger partial charge in [0, 0.05) is 23.7 Å². The largest absolute Gasteiger partial charge is 0.462 e. The monoisotopic (exact) mass is 398 g/mol. The summed E-state index contributed by atoms with van der Waals surface area (Å²) in [5, 5.41) is 2.65. The number of aryl methyl sites for hydroxylation is 2. The Morgan fingerprint density at radius 1 is 1.07 bits per heavy atom. The third kappa shape index (κ3) is 5.04. The average molecular weight is 398 g/mol. The van der Waals surface area contributed by atoms with E-state index >= 15 is 0 Å². The van der Waals surface area contributed by atoms with Crippen LogP contribution in [0.1, 0.15) is 17.2 Å². The number of nitrogens with zero attached hydrogens (tertiary/aromatic N) is 2. The molecule has 144 valence electrons. The zero-order valence-corrected chi connectivity index (χ0v) is 16.0. The molecule has 3 aromatic rings. The van der Waals surface area contributed by atoms with Gasteiger partial charge < -0.3 is 9.73 Å². The fraction of sp³-hybridized carbons (Fsp3) is 0.105. The summed E-state index contributed by atoms with van der Waals surface area (Å²) in [6, 6.07) is 11.0. The molecule has 2 aromatic heterocycles. The van der Waals surface area contributed by atoms with Gasteiger partial charge in [0.05, 0.1) is 4.90 Å². The highest BCUT2D eigenvalue weighted by molar-refractivity contribution is 7.92. The Morgan fingerprint density at radius 3 is 2.46 bits per heavy atom. The Kier molecular flexibility index (Phi) is 5.55. The average Bonchev–Trinajstić information content (AvgIpc) is 3.05. The van der Waals surface area contributed by atoms with Crippen LogP contribution in [0.3, 0.4) is 0 Å². The van der Waals surface area contributed by atoms with Crippen LogP contribution in [0.25, 0.3) is 6.08 Å². The van der Waals surface area contributed by atoms with E-state index in [9.17, 15) is 13.2 Å². The van der Waals surface area contributed by atoms with Gasteiger partial charge in [-0.1, -0.05) is 0 Å². The molecule has 0 radical (unpaired) electrons. The number of amides is 1. The first-order chi connectivity index (χ1) is 13.3. The summed E-state index contributed by atoms with van der Waals surface area (Å²) in [6.07, 6.45) is 4.35. The van der Waals surface area contributed by atoms with Gasteiger partial charge in [0.1, 0.15) is 11.5 Å². The van der Waals surface area contributed by atoms with Crippen LogP contribution < -0.4 is 10.0 Å². The number of rotatable bonds is 6. The molecule has 28 heavy (non-hydrogen) atoms. The minimum Gasteiger partial charge on any atom is -0.462 e. The van der Waals surface area contributed by atoms with Gasteiger partial charge in [-0.2, -0.15) is 0 Å². The molecule has 0 aliphatic rings. The molecular formula is C19H18N4O4S. The Hall–Kier alpha value is -3.46. The predicted molar refractivity (Wildman–Crippen MR) is 105 cm³/mol. The summed E-state index contributed by atoms with van der Waals surface area (Å²) in [4.78, 5) is 19.9. The molecule has 0 bridgehead atoms. The van der Waals surface area contributed by atoms with Crippen molar-refractivity contribution in [2.45, 2.75) is 18.7 Å². The van der Waals surface area contributed by atoms with Gasteiger partial charge >= 0.3 is 0 Å². The van der Waals surface area contributed by atoms with Crippen molar-refractivity contribution >= 4 is 33.6 Å². The van der Waals surface area contributed by atoms with Gasteiger partial charge in [0.25, 0.3) is 10.0 Å². The molecule has 0 aliphatic carbocycles. The minimum atomic E-state index is -3.83. The van der Waals surface area contributed by atoms with E-state index < -0.39 is 10.0 Å². The van der Waals surface area contributed by atoms with E-state index in [4.69, 9.17) is 4.42 Å². The molecule has 8 nitrogen and oxygen atoms in total. The van der Waals surface area contributed by atoms with Crippen LogP contribution in [0.5, 0.6) is 0 Å². The summed E-state index contributed by atoms with van der Waals surface area (Å²) in [6.45, 7) is 3.55. The summed E-state index contributed by atoms with van der Waals surface area (Å²) >= 11 is 0. The number of benzene rings is 1. The first-order valence-electron chi connectivity index (χ1n) is 8.30. The number of anilines is 2. The zero-order chi connectivity index (χ0) is 20.1. The highest BCUT2D eigenvalue weighted by Gasteiger charge is 2.15. The second-order valence-electron chi connectivity index (χ2n) is 5.92. The number of sulfonamides is 1. The third-order valence-electron chi connectivity index (χ3n) is 3.61. The van der Waals surface area contributed by atoms with E-state index in [1.165, 1.54) is 36.5 Å². The van der Waals surface area contributed by atoms with E-state index in [2.05, 4.69) is 20.0 Å². The topological polar surface area (TPSA) is 114 Å². The molecule has 0 fully saturated rings. The minimum absolute atomic E-state index is 0.00400. The molecule has 1 aromatic carbocycles. The SMILES string of the molecule is Cc1ccnc(NS(=O)(=O)c2ccc(NC(=O)C=Cc3ccc(C)o3)cc2)n1. The lowest BCUT2D eigenvalue weighted by Gasteiger charge is -2.08. The van der Waals surface area contributed by atoms with Crippen LogP contribution in [-0.4, -0.2) is 24.3 Å². The molecule has 0 saturated heterocycles. The van der Waals surface area contributed by atoms with Gasteiger partial charge in [-0.05, 0) is 62.4 Å². The number of carbonyl (C=O) groups excluding carboxylic acids is 1. The lowest BCUT2D eigenvalue weighted by atomic mass is 10.3. The lowest BCUT2D eigenvalue weighted by molar-refractivity contribution is -0.111. The van der Waals surface area contributed by atoms with E-state index in [-0.39, 0.29) is 16.8 Å². The molecule has 9 heteroatoms. The molecule has 0 atom stereocenters. The second-order valence-corrected chi connectivity index (χ2v) is 7.60. The normalized spacial score (nSPS) is 11.5. The van der Waals surface area contributed by atoms with E-state index in [0.29, 0.717) is 17.1 Å². The summed E-state index contributed by atoms with van der Waals surface area (Å²) < 4.78 is 32.5. The van der Waals surface area contributed by atoms with Crippen LogP contribution in [0.2, 0.25) is 0 Å². The number of furan rings is 1. The fourth-order valence-corrected chi connectivity index (χ4v) is 3.23. The van der Waals surface area contributed by atoms with Crippen molar-refractivity contribution < 1.29 is 17.6 Å². The Balaban J connectivity index is 1.65. The van der Waals surface area contributed by atoms with E-state index in [0.717, 1.165) is 5.76 Å². The van der Waals surface area contributed by atoms with Gasteiger partial charge in [0.15, 0.2) is 0 Å². The number of nitrogens with one attached hydrogen (secondary N) is 2. The quantitative estimate of drug-likeness (QED) is 0.617. The fourth-order valence-electron chi connectivity index (χ4n) is 2.28. The van der Waals surface area contributed by atoms with Crippen LogP contribution in [0.15, 0.2) is 64.1 Å². The Bertz CT molecular complexity index is 1120. The standard InChI is InChI=1S/C19H18N4O4S/c1-13-11-12-20-19(21-13)23-28(25,26)17-8-4-15(5-9-17)22-18(24)10-7-16-6-3-14(2)27-16/h3-12H,1-2H3,(H,22,24)(H,20,21,23). The maximum absolute atomic E-state index is 12.4. The van der Waals surface area contributed by atoms with Crippen molar-refractivity contribution in [1.82, 2.24) is 9.97 Å². The third-order valence-corrected chi connectivity index (χ3v) is 4.96. The number of hydrogen-bond donors (Lipinski definition) is 2. The van der Waals surface area contributed by atoms with E-state index in [1.807, 2.05) is 6.92 Å². The Morgan fingerprint density at radius 2 is 1.82 bits per heavy atom. The molecule has 0 aliphatic heterocycles. The molecule has 2 heterocycles. The molecule has 0 saturated carbocycles. The van der Waals surface area contributed by atoms with Crippen molar-refractivity contribution in [1.29, 1.82) is 0 Å². The zero-order valence-electron chi connectivity index (χ0n) is 15.2. The number of carbonyl (C=O) groups is 1. The van der Waals surface area contributed by atoms with Gasteiger partial charge in [-0.15, -0.1) is 0 Å². The number of aromatic nitrogens is 2. The van der Waals surface area contributed by atoms with Gasteiger partial charge in [-0.3, -0.25) is 4.79 Å². The second kappa shape index (κ2) is 8.05.